The van der Waals surface area contributed by atoms with Crippen molar-refractivity contribution in [3.05, 3.63) is 34.3 Å². The van der Waals surface area contributed by atoms with Gasteiger partial charge >= 0.3 is 6.09 Å². The number of carbonyl (C=O) groups is 2. The minimum absolute atomic E-state index is 0.0223. The van der Waals surface area contributed by atoms with Crippen LogP contribution >= 0.6 is 11.6 Å². The molecule has 2 fully saturated rings. The predicted molar refractivity (Wildman–Crippen MR) is 96.6 cm³/mol. The highest BCUT2D eigenvalue weighted by molar-refractivity contribution is 6.31. The van der Waals surface area contributed by atoms with Gasteiger partial charge in [-0.3, -0.25) is 9.69 Å². The van der Waals surface area contributed by atoms with Gasteiger partial charge in [0.1, 0.15) is 5.60 Å². The van der Waals surface area contributed by atoms with E-state index >= 15 is 0 Å². The summed E-state index contributed by atoms with van der Waals surface area (Å²) in [6, 6.07) is 5.49. The summed E-state index contributed by atoms with van der Waals surface area (Å²) in [6.07, 6.45) is 0.938. The van der Waals surface area contributed by atoms with Crippen molar-refractivity contribution in [2.24, 2.45) is 0 Å². The molecular formula is C19H25ClN2O3. The van der Waals surface area contributed by atoms with Crippen LogP contribution in [0.2, 0.25) is 5.02 Å². The van der Waals surface area contributed by atoms with Crippen LogP contribution in [-0.2, 0) is 9.53 Å². The second-order valence-corrected chi connectivity index (χ2v) is 8.17. The second kappa shape index (κ2) is 6.52. The molecule has 0 saturated carbocycles. The topological polar surface area (TPSA) is 49.9 Å². The molecule has 0 unspecified atom stereocenters. The molecule has 2 aliphatic heterocycles. The van der Waals surface area contributed by atoms with E-state index in [0.717, 1.165) is 17.5 Å². The van der Waals surface area contributed by atoms with E-state index in [1.54, 1.807) is 4.90 Å². The first-order chi connectivity index (χ1) is 11.7. The van der Waals surface area contributed by atoms with Crippen LogP contribution in [0.5, 0.6) is 0 Å². The second-order valence-electron chi connectivity index (χ2n) is 7.77. The van der Waals surface area contributed by atoms with E-state index < -0.39 is 5.60 Å². The molecule has 2 heterocycles. The third-order valence-electron chi connectivity index (χ3n) is 4.91. The van der Waals surface area contributed by atoms with Crippen molar-refractivity contribution in [1.82, 2.24) is 9.80 Å². The Kier molecular flexibility index (Phi) is 4.71. The molecule has 2 saturated heterocycles. The van der Waals surface area contributed by atoms with Gasteiger partial charge in [0.2, 0.25) is 5.91 Å². The number of benzene rings is 1. The number of fused-ring (bicyclic) bond motifs is 1. The molecule has 1 aromatic rings. The highest BCUT2D eigenvalue weighted by atomic mass is 35.5. The number of nitrogens with zero attached hydrogens (tertiary/aromatic N) is 2. The summed E-state index contributed by atoms with van der Waals surface area (Å²) in [4.78, 5) is 28.7. The summed E-state index contributed by atoms with van der Waals surface area (Å²) in [5, 5.41) is 0.670. The number of amides is 2. The van der Waals surface area contributed by atoms with Crippen molar-refractivity contribution in [2.75, 3.05) is 13.1 Å². The first-order valence-electron chi connectivity index (χ1n) is 8.73. The molecular weight excluding hydrogens is 340 g/mol. The smallest absolute Gasteiger partial charge is 0.410 e. The van der Waals surface area contributed by atoms with Gasteiger partial charge in [0.05, 0.1) is 12.1 Å². The third-order valence-corrected chi connectivity index (χ3v) is 5.32. The van der Waals surface area contributed by atoms with Gasteiger partial charge in [-0.05, 0) is 51.3 Å². The lowest BCUT2D eigenvalue weighted by molar-refractivity contribution is -0.132. The van der Waals surface area contributed by atoms with E-state index in [4.69, 9.17) is 16.3 Å². The molecule has 25 heavy (non-hydrogen) atoms. The van der Waals surface area contributed by atoms with Crippen LogP contribution in [0.4, 0.5) is 4.79 Å². The van der Waals surface area contributed by atoms with Crippen LogP contribution in [0.25, 0.3) is 0 Å². The van der Waals surface area contributed by atoms with Gasteiger partial charge in [0.15, 0.2) is 0 Å². The largest absolute Gasteiger partial charge is 0.444 e. The average Bonchev–Trinajstić information content (AvgIpc) is 2.89. The lowest BCUT2D eigenvalue weighted by Gasteiger charge is -2.45. The fourth-order valence-electron chi connectivity index (χ4n) is 3.78. The number of hydrogen-bond acceptors (Lipinski definition) is 3. The zero-order valence-electron chi connectivity index (χ0n) is 15.2. The van der Waals surface area contributed by atoms with Crippen molar-refractivity contribution >= 4 is 23.6 Å². The molecule has 6 heteroatoms. The van der Waals surface area contributed by atoms with Gasteiger partial charge in [-0.1, -0.05) is 23.7 Å². The van der Waals surface area contributed by atoms with E-state index in [-0.39, 0.29) is 24.1 Å². The standard InChI is InChI=1S/C19H25ClN2O3/c1-12-13(6-5-7-14(12)20)17-15-8-9-16(23)21(15)10-11-22(17)18(24)25-19(2,3)4/h5-7,15,17H,8-11H2,1-4H3/t15-,17-/m0/s1. The summed E-state index contributed by atoms with van der Waals surface area (Å²) in [7, 11) is 0. The molecule has 0 bridgehead atoms. The predicted octanol–water partition coefficient (Wildman–Crippen LogP) is 3.93. The molecule has 2 aliphatic rings. The van der Waals surface area contributed by atoms with Gasteiger partial charge in [-0.25, -0.2) is 4.79 Å². The van der Waals surface area contributed by atoms with Crippen molar-refractivity contribution in [1.29, 1.82) is 0 Å². The van der Waals surface area contributed by atoms with Crippen molar-refractivity contribution < 1.29 is 14.3 Å². The highest BCUT2D eigenvalue weighted by Crippen LogP contribution is 2.40. The Bertz CT molecular complexity index is 698. The quantitative estimate of drug-likeness (QED) is 0.758. The van der Waals surface area contributed by atoms with Crippen molar-refractivity contribution in [2.45, 2.75) is 58.2 Å². The first kappa shape index (κ1) is 18.1. The first-order valence-corrected chi connectivity index (χ1v) is 9.11. The van der Waals surface area contributed by atoms with Crippen LogP contribution in [0, 0.1) is 6.92 Å². The maximum Gasteiger partial charge on any atom is 0.410 e. The normalized spacial score (nSPS) is 23.6. The maximum atomic E-state index is 12.8. The van der Waals surface area contributed by atoms with Crippen molar-refractivity contribution in [3.63, 3.8) is 0 Å². The molecule has 136 valence electrons. The van der Waals surface area contributed by atoms with Gasteiger partial charge in [-0.15, -0.1) is 0 Å². The molecule has 2 atom stereocenters. The van der Waals surface area contributed by atoms with Crippen molar-refractivity contribution in [3.8, 4) is 0 Å². The Labute approximate surface area is 153 Å². The van der Waals surface area contributed by atoms with Crippen LogP contribution in [0.1, 0.15) is 50.8 Å². The minimum atomic E-state index is -0.562. The van der Waals surface area contributed by atoms with E-state index in [0.29, 0.717) is 24.5 Å². The third kappa shape index (κ3) is 3.47. The lowest BCUT2D eigenvalue weighted by Crippen LogP contribution is -2.56. The summed E-state index contributed by atoms with van der Waals surface area (Å²) in [6.45, 7) is 8.56. The molecule has 3 rings (SSSR count). The number of rotatable bonds is 1. The molecule has 0 radical (unpaired) electrons. The summed E-state index contributed by atoms with van der Waals surface area (Å²) in [5.41, 5.74) is 1.37. The van der Waals surface area contributed by atoms with Gasteiger partial charge in [0, 0.05) is 24.5 Å². The monoisotopic (exact) mass is 364 g/mol. The van der Waals surface area contributed by atoms with Crippen LogP contribution in [-0.4, -0.2) is 46.5 Å². The van der Waals surface area contributed by atoms with E-state index in [1.165, 1.54) is 0 Å². The Hall–Kier alpha value is -1.75. The van der Waals surface area contributed by atoms with Gasteiger partial charge in [-0.2, -0.15) is 0 Å². The van der Waals surface area contributed by atoms with Gasteiger partial charge < -0.3 is 9.64 Å². The highest BCUT2D eigenvalue weighted by Gasteiger charge is 2.46. The Balaban J connectivity index is 2.00. The number of carbonyl (C=O) groups excluding carboxylic acids is 2. The number of halogens is 1. The average molecular weight is 365 g/mol. The number of ether oxygens (including phenoxy) is 1. The van der Waals surface area contributed by atoms with Crippen LogP contribution in [0.15, 0.2) is 18.2 Å². The van der Waals surface area contributed by atoms with Crippen LogP contribution in [0.3, 0.4) is 0 Å². The molecule has 0 aromatic heterocycles. The molecule has 2 amide bonds. The Morgan fingerprint density at radius 1 is 1.28 bits per heavy atom. The molecule has 5 nitrogen and oxygen atoms in total. The number of piperazine rings is 1. The maximum absolute atomic E-state index is 12.8. The summed E-state index contributed by atoms with van der Waals surface area (Å²) in [5.74, 6) is 0.165. The molecule has 0 N–H and O–H groups in total. The SMILES string of the molecule is Cc1c(Cl)cccc1[C@H]1[C@@H]2CCC(=O)N2CCN1C(=O)OC(C)(C)C. The minimum Gasteiger partial charge on any atom is -0.444 e. The van der Waals surface area contributed by atoms with E-state index in [1.807, 2.05) is 50.8 Å². The summed E-state index contributed by atoms with van der Waals surface area (Å²) < 4.78 is 5.62. The fraction of sp³-hybridized carbons (Fsp3) is 0.579. The Morgan fingerprint density at radius 2 is 2.00 bits per heavy atom. The molecule has 0 spiro atoms. The fourth-order valence-corrected chi connectivity index (χ4v) is 3.96. The lowest BCUT2D eigenvalue weighted by atomic mass is 9.91. The summed E-state index contributed by atoms with van der Waals surface area (Å²) >= 11 is 6.32. The van der Waals surface area contributed by atoms with Crippen LogP contribution < -0.4 is 0 Å². The van der Waals surface area contributed by atoms with E-state index in [9.17, 15) is 9.59 Å². The van der Waals surface area contributed by atoms with E-state index in [2.05, 4.69) is 0 Å². The zero-order valence-corrected chi connectivity index (χ0v) is 16.0. The Morgan fingerprint density at radius 3 is 2.68 bits per heavy atom. The zero-order chi connectivity index (χ0) is 18.4. The molecule has 1 aromatic carbocycles. The number of hydrogen-bond donors (Lipinski definition) is 0. The molecule has 0 aliphatic carbocycles. The van der Waals surface area contributed by atoms with Gasteiger partial charge in [0.25, 0.3) is 0 Å².